The summed E-state index contributed by atoms with van der Waals surface area (Å²) >= 11 is 5.83. The Labute approximate surface area is 130 Å². The summed E-state index contributed by atoms with van der Waals surface area (Å²) in [6.45, 7) is 7.59. The quantitative estimate of drug-likeness (QED) is 0.838. The highest BCUT2D eigenvalue weighted by Crippen LogP contribution is 2.25. The van der Waals surface area contributed by atoms with Gasteiger partial charge in [0.1, 0.15) is 0 Å². The molecule has 0 saturated heterocycles. The fourth-order valence-corrected chi connectivity index (χ4v) is 3.46. The van der Waals surface area contributed by atoms with Gasteiger partial charge in [0.05, 0.1) is 10.5 Å². The summed E-state index contributed by atoms with van der Waals surface area (Å²) in [5.41, 5.74) is -0.124. The van der Waals surface area contributed by atoms with Crippen molar-refractivity contribution in [2.24, 2.45) is 5.41 Å². The molecule has 0 bridgehead atoms. The average molecular weight is 334 g/mol. The molecule has 0 atom stereocenters. The van der Waals surface area contributed by atoms with Crippen molar-refractivity contribution in [3.63, 3.8) is 0 Å². The average Bonchev–Trinajstić information content (AvgIpc) is 2.38. The number of carbonyl (C=O) groups is 1. The van der Waals surface area contributed by atoms with Crippen molar-refractivity contribution in [1.82, 2.24) is 4.72 Å². The van der Waals surface area contributed by atoms with E-state index in [4.69, 9.17) is 16.7 Å². The molecule has 0 unspecified atom stereocenters. The molecule has 0 radical (unpaired) electrons. The standard InChI is InChI=1S/C14H20ClNO4S/c1-5-14(3,4)8-16-21(19,20)12-7-10(15)6-11(9(12)2)13(17)18/h6-7,16H,5,8H2,1-4H3,(H,17,18). The van der Waals surface area contributed by atoms with Crippen LogP contribution in [0.25, 0.3) is 0 Å². The lowest BCUT2D eigenvalue weighted by Gasteiger charge is -2.23. The molecule has 0 aliphatic carbocycles. The van der Waals surface area contributed by atoms with Crippen LogP contribution in [0.1, 0.15) is 43.1 Å². The van der Waals surface area contributed by atoms with E-state index in [1.54, 1.807) is 0 Å². The monoisotopic (exact) mass is 333 g/mol. The molecule has 0 heterocycles. The van der Waals surface area contributed by atoms with Crippen molar-refractivity contribution in [3.05, 3.63) is 28.3 Å². The minimum Gasteiger partial charge on any atom is -0.478 e. The molecule has 0 aromatic heterocycles. The van der Waals surface area contributed by atoms with Crippen LogP contribution in [-0.2, 0) is 10.0 Å². The van der Waals surface area contributed by atoms with Crippen LogP contribution in [0.2, 0.25) is 5.02 Å². The van der Waals surface area contributed by atoms with Crippen LogP contribution in [-0.4, -0.2) is 26.0 Å². The third kappa shape index (κ3) is 4.43. The maximum Gasteiger partial charge on any atom is 0.336 e. The Kier molecular flexibility index (Phi) is 5.41. The number of sulfonamides is 1. The van der Waals surface area contributed by atoms with Gasteiger partial charge in [-0.25, -0.2) is 17.9 Å². The van der Waals surface area contributed by atoms with Gasteiger partial charge in [0.15, 0.2) is 0 Å². The Morgan fingerprint density at radius 2 is 1.95 bits per heavy atom. The van der Waals surface area contributed by atoms with Gasteiger partial charge in [0, 0.05) is 11.6 Å². The predicted octanol–water partition coefficient (Wildman–Crippen LogP) is 3.06. The third-order valence-electron chi connectivity index (χ3n) is 3.54. The number of halogens is 1. The Morgan fingerprint density at radius 1 is 1.38 bits per heavy atom. The maximum absolute atomic E-state index is 12.4. The Hall–Kier alpha value is -1.11. The van der Waals surface area contributed by atoms with Gasteiger partial charge in [0.25, 0.3) is 0 Å². The molecule has 1 aromatic carbocycles. The minimum absolute atomic E-state index is 0.0770. The number of benzene rings is 1. The molecule has 1 rings (SSSR count). The lowest BCUT2D eigenvalue weighted by molar-refractivity contribution is 0.0696. The SMILES string of the molecule is CCC(C)(C)CNS(=O)(=O)c1cc(Cl)cc(C(=O)O)c1C. The van der Waals surface area contributed by atoms with E-state index in [2.05, 4.69) is 4.72 Å². The third-order valence-corrected chi connectivity index (χ3v) is 5.29. The fraction of sp³-hybridized carbons (Fsp3) is 0.500. The van der Waals surface area contributed by atoms with E-state index >= 15 is 0 Å². The van der Waals surface area contributed by atoms with Crippen molar-refractivity contribution in [3.8, 4) is 0 Å². The first kappa shape index (κ1) is 17.9. The van der Waals surface area contributed by atoms with Crippen LogP contribution in [0.15, 0.2) is 17.0 Å². The molecule has 7 heteroatoms. The van der Waals surface area contributed by atoms with E-state index < -0.39 is 16.0 Å². The van der Waals surface area contributed by atoms with E-state index in [-0.39, 0.29) is 33.0 Å². The number of hydrogen-bond acceptors (Lipinski definition) is 3. The number of carboxylic acids is 1. The summed E-state index contributed by atoms with van der Waals surface area (Å²) in [6.07, 6.45) is 0.810. The molecule has 118 valence electrons. The van der Waals surface area contributed by atoms with E-state index in [0.717, 1.165) is 6.42 Å². The molecule has 0 spiro atoms. The second-order valence-electron chi connectivity index (χ2n) is 5.72. The van der Waals surface area contributed by atoms with Crippen molar-refractivity contribution in [2.45, 2.75) is 39.0 Å². The smallest absolute Gasteiger partial charge is 0.336 e. The summed E-state index contributed by atoms with van der Waals surface area (Å²) < 4.78 is 27.3. The summed E-state index contributed by atoms with van der Waals surface area (Å²) in [5.74, 6) is -1.21. The van der Waals surface area contributed by atoms with Gasteiger partial charge in [-0.3, -0.25) is 0 Å². The fourth-order valence-electron chi connectivity index (χ4n) is 1.65. The predicted molar refractivity (Wildman–Crippen MR) is 82.4 cm³/mol. The molecule has 2 N–H and O–H groups in total. The van der Waals surface area contributed by atoms with Crippen molar-refractivity contribution >= 4 is 27.6 Å². The van der Waals surface area contributed by atoms with Crippen LogP contribution in [0, 0.1) is 12.3 Å². The molecular formula is C14H20ClNO4S. The van der Waals surface area contributed by atoms with E-state index in [1.165, 1.54) is 19.1 Å². The van der Waals surface area contributed by atoms with E-state index in [0.29, 0.717) is 0 Å². The van der Waals surface area contributed by atoms with Crippen LogP contribution < -0.4 is 4.72 Å². The van der Waals surface area contributed by atoms with Gasteiger partial charge in [-0.2, -0.15) is 0 Å². The molecular weight excluding hydrogens is 314 g/mol. The molecule has 1 aromatic rings. The van der Waals surface area contributed by atoms with Crippen LogP contribution in [0.4, 0.5) is 0 Å². The van der Waals surface area contributed by atoms with Crippen LogP contribution in [0.5, 0.6) is 0 Å². The zero-order chi connectivity index (χ0) is 16.4. The zero-order valence-corrected chi connectivity index (χ0v) is 14.1. The van der Waals surface area contributed by atoms with E-state index in [9.17, 15) is 13.2 Å². The number of aromatic carboxylic acids is 1. The number of hydrogen-bond donors (Lipinski definition) is 2. The maximum atomic E-state index is 12.4. The summed E-state index contributed by atoms with van der Waals surface area (Å²) in [7, 11) is -3.81. The normalized spacial score (nSPS) is 12.4. The summed E-state index contributed by atoms with van der Waals surface area (Å²) in [6, 6.07) is 2.51. The Morgan fingerprint density at radius 3 is 2.43 bits per heavy atom. The number of rotatable bonds is 6. The highest BCUT2D eigenvalue weighted by atomic mass is 35.5. The van der Waals surface area contributed by atoms with Gasteiger partial charge in [-0.1, -0.05) is 32.4 Å². The van der Waals surface area contributed by atoms with Crippen molar-refractivity contribution in [2.75, 3.05) is 6.54 Å². The van der Waals surface area contributed by atoms with Crippen molar-refractivity contribution in [1.29, 1.82) is 0 Å². The largest absolute Gasteiger partial charge is 0.478 e. The topological polar surface area (TPSA) is 83.5 Å². The molecule has 5 nitrogen and oxygen atoms in total. The first-order valence-electron chi connectivity index (χ1n) is 6.53. The van der Waals surface area contributed by atoms with E-state index in [1.807, 2.05) is 20.8 Å². The van der Waals surface area contributed by atoms with Crippen LogP contribution >= 0.6 is 11.6 Å². The minimum atomic E-state index is -3.81. The number of carboxylic acid groups (broad SMARTS) is 1. The summed E-state index contributed by atoms with van der Waals surface area (Å²) in [5, 5.41) is 9.18. The molecule has 0 aliphatic rings. The zero-order valence-electron chi connectivity index (χ0n) is 12.5. The van der Waals surface area contributed by atoms with Crippen LogP contribution in [0.3, 0.4) is 0 Å². The second-order valence-corrected chi connectivity index (χ2v) is 7.90. The summed E-state index contributed by atoms with van der Waals surface area (Å²) in [4.78, 5) is 11.0. The molecule has 0 fully saturated rings. The molecule has 0 saturated carbocycles. The van der Waals surface area contributed by atoms with Gasteiger partial charge < -0.3 is 5.11 Å². The van der Waals surface area contributed by atoms with Gasteiger partial charge in [-0.15, -0.1) is 0 Å². The molecule has 0 aliphatic heterocycles. The highest BCUT2D eigenvalue weighted by Gasteiger charge is 2.24. The lowest BCUT2D eigenvalue weighted by atomic mass is 9.91. The number of nitrogens with one attached hydrogen (secondary N) is 1. The first-order valence-corrected chi connectivity index (χ1v) is 8.39. The van der Waals surface area contributed by atoms with Gasteiger partial charge in [0.2, 0.25) is 10.0 Å². The molecule has 0 amide bonds. The Balaban J connectivity index is 3.23. The Bertz CT molecular complexity index is 653. The second kappa shape index (κ2) is 6.34. The molecule has 21 heavy (non-hydrogen) atoms. The first-order chi connectivity index (χ1) is 9.50. The van der Waals surface area contributed by atoms with Gasteiger partial charge in [-0.05, 0) is 36.5 Å². The highest BCUT2D eigenvalue weighted by molar-refractivity contribution is 7.89. The lowest BCUT2D eigenvalue weighted by Crippen LogP contribution is -2.34. The van der Waals surface area contributed by atoms with Gasteiger partial charge >= 0.3 is 5.97 Å². The van der Waals surface area contributed by atoms with Crippen molar-refractivity contribution < 1.29 is 18.3 Å².